The van der Waals surface area contributed by atoms with Gasteiger partial charge in [0.2, 0.25) is 0 Å². The fourth-order valence-electron chi connectivity index (χ4n) is 0.712. The van der Waals surface area contributed by atoms with Crippen LogP contribution in [-0.4, -0.2) is 57.8 Å². The predicted molar refractivity (Wildman–Crippen MR) is 38.1 cm³/mol. The van der Waals surface area contributed by atoms with Crippen molar-refractivity contribution in [3.05, 3.63) is 0 Å². The molecule has 0 unspecified atom stereocenters. The van der Waals surface area contributed by atoms with Crippen LogP contribution < -0.4 is 0 Å². The summed E-state index contributed by atoms with van der Waals surface area (Å²) in [5.74, 6) is -3.32. The molecule has 0 bridgehead atoms. The molecule has 0 heterocycles. The number of ether oxygens (including phenoxy) is 1. The smallest absolute Gasteiger partial charge is 0.335 e. The molecule has 4 N–H and O–H groups in total. The molecule has 0 aromatic heterocycles. The number of methoxy groups -OCH3 is 1. The second kappa shape index (κ2) is 4.75. The van der Waals surface area contributed by atoms with Gasteiger partial charge < -0.3 is 25.2 Å². The first kappa shape index (κ1) is 11.8. The minimum Gasteiger partial charge on any atom is -0.479 e. The molecular formula is C6H10O7. The van der Waals surface area contributed by atoms with Crippen molar-refractivity contribution >= 4 is 11.9 Å². The number of hydrogen-bond acceptors (Lipinski definition) is 5. The van der Waals surface area contributed by atoms with Crippen molar-refractivity contribution in [1.29, 1.82) is 0 Å². The zero-order valence-electron chi connectivity index (χ0n) is 6.75. The minimum atomic E-state index is -2.07. The number of aliphatic hydroxyl groups is 2. The molecule has 0 aromatic rings. The van der Waals surface area contributed by atoms with Crippen LogP contribution in [0.1, 0.15) is 0 Å². The molecule has 0 radical (unpaired) electrons. The first-order valence-corrected chi connectivity index (χ1v) is 3.26. The lowest BCUT2D eigenvalue weighted by atomic mass is 10.1. The van der Waals surface area contributed by atoms with E-state index < -0.39 is 30.3 Å². The van der Waals surface area contributed by atoms with Crippen molar-refractivity contribution in [1.82, 2.24) is 0 Å². The van der Waals surface area contributed by atoms with E-state index in [-0.39, 0.29) is 0 Å². The van der Waals surface area contributed by atoms with E-state index in [1.54, 1.807) is 0 Å². The molecule has 0 aliphatic heterocycles. The van der Waals surface area contributed by atoms with Crippen LogP contribution in [0.3, 0.4) is 0 Å². The van der Waals surface area contributed by atoms with E-state index in [1.165, 1.54) is 0 Å². The lowest BCUT2D eigenvalue weighted by Crippen LogP contribution is -2.47. The molecule has 0 aliphatic carbocycles. The highest BCUT2D eigenvalue weighted by atomic mass is 16.5. The van der Waals surface area contributed by atoms with E-state index in [0.29, 0.717) is 0 Å². The van der Waals surface area contributed by atoms with Gasteiger partial charge in [0.15, 0.2) is 12.2 Å². The van der Waals surface area contributed by atoms with Gasteiger partial charge in [0.05, 0.1) is 0 Å². The molecule has 0 aromatic carbocycles. The first-order valence-electron chi connectivity index (χ1n) is 3.26. The Bertz CT molecular complexity index is 181. The highest BCUT2D eigenvalue weighted by Crippen LogP contribution is 2.05. The van der Waals surface area contributed by atoms with Gasteiger partial charge in [0, 0.05) is 7.11 Å². The van der Waals surface area contributed by atoms with Gasteiger partial charge in [-0.2, -0.15) is 0 Å². The van der Waals surface area contributed by atoms with Crippen LogP contribution in [0.5, 0.6) is 0 Å². The quantitative estimate of drug-likeness (QED) is 0.394. The Balaban J connectivity index is 4.49. The van der Waals surface area contributed by atoms with Crippen LogP contribution in [-0.2, 0) is 14.3 Å². The van der Waals surface area contributed by atoms with Crippen LogP contribution >= 0.6 is 0 Å². The van der Waals surface area contributed by atoms with Gasteiger partial charge >= 0.3 is 11.9 Å². The topological polar surface area (TPSA) is 124 Å². The summed E-state index contributed by atoms with van der Waals surface area (Å²) in [7, 11) is 0.989. The zero-order chi connectivity index (χ0) is 10.6. The second-order valence-corrected chi connectivity index (χ2v) is 2.27. The normalized spacial score (nSPS) is 15.4. The summed E-state index contributed by atoms with van der Waals surface area (Å²) in [6.45, 7) is 0. The molecule has 0 rings (SSSR count). The van der Waals surface area contributed by atoms with Crippen LogP contribution in [0.25, 0.3) is 0 Å². The molecule has 7 heteroatoms. The third-order valence-corrected chi connectivity index (χ3v) is 1.40. The standard InChI is InChI=1S/C6H10O7/c1-13-4(2(7)5(9)10)3(8)6(11)12/h2-4,7-8H,1H3,(H,9,10)(H,11,12)/t2-,3-/m1/s1. The van der Waals surface area contributed by atoms with Gasteiger partial charge in [0.1, 0.15) is 6.10 Å². The first-order chi connectivity index (χ1) is 5.91. The van der Waals surface area contributed by atoms with E-state index >= 15 is 0 Å². The highest BCUT2D eigenvalue weighted by Gasteiger charge is 2.36. The van der Waals surface area contributed by atoms with Gasteiger partial charge in [0.25, 0.3) is 0 Å². The summed E-state index contributed by atoms with van der Waals surface area (Å²) >= 11 is 0. The summed E-state index contributed by atoms with van der Waals surface area (Å²) < 4.78 is 4.33. The molecule has 0 spiro atoms. The van der Waals surface area contributed by atoms with Gasteiger partial charge in [-0.25, -0.2) is 9.59 Å². The van der Waals surface area contributed by atoms with Crippen LogP contribution in [0.2, 0.25) is 0 Å². The van der Waals surface area contributed by atoms with Gasteiger partial charge in [-0.1, -0.05) is 0 Å². The Kier molecular flexibility index (Phi) is 4.32. The Hall–Kier alpha value is -1.18. The van der Waals surface area contributed by atoms with Crippen molar-refractivity contribution in [2.45, 2.75) is 18.3 Å². The van der Waals surface area contributed by atoms with Gasteiger partial charge in [-0.3, -0.25) is 0 Å². The zero-order valence-corrected chi connectivity index (χ0v) is 6.75. The third kappa shape index (κ3) is 2.98. The molecule has 0 fully saturated rings. The Morgan fingerprint density at radius 1 is 1.08 bits per heavy atom. The third-order valence-electron chi connectivity index (χ3n) is 1.40. The maximum absolute atomic E-state index is 10.2. The predicted octanol–water partition coefficient (Wildman–Crippen LogP) is -2.11. The van der Waals surface area contributed by atoms with E-state index in [4.69, 9.17) is 20.4 Å². The number of hydrogen-bond donors (Lipinski definition) is 4. The summed E-state index contributed by atoms with van der Waals surface area (Å²) in [5, 5.41) is 34.3. The summed E-state index contributed by atoms with van der Waals surface area (Å²) in [4.78, 5) is 20.4. The molecule has 0 aliphatic rings. The highest BCUT2D eigenvalue weighted by molar-refractivity contribution is 5.77. The molecule has 76 valence electrons. The molecular weight excluding hydrogens is 184 g/mol. The number of aliphatic carboxylic acids is 2. The monoisotopic (exact) mass is 194 g/mol. The van der Waals surface area contributed by atoms with Crippen LogP contribution in [0.15, 0.2) is 0 Å². The lowest BCUT2D eigenvalue weighted by molar-refractivity contribution is -0.170. The summed E-state index contributed by atoms with van der Waals surface area (Å²) in [6, 6.07) is 0. The number of carboxylic acid groups (broad SMARTS) is 2. The van der Waals surface area contributed by atoms with Gasteiger partial charge in [-0.05, 0) is 0 Å². The Labute approximate surface area is 73.2 Å². The Morgan fingerprint density at radius 2 is 1.38 bits per heavy atom. The number of aliphatic hydroxyl groups excluding tert-OH is 2. The SMILES string of the molecule is COC([C@@H](O)C(=O)O)[C@@H](O)C(=O)O. The number of carboxylic acids is 2. The minimum absolute atomic E-state index is 0.989. The van der Waals surface area contributed by atoms with Crippen molar-refractivity contribution in [2.75, 3.05) is 7.11 Å². The molecule has 2 atom stereocenters. The lowest BCUT2D eigenvalue weighted by Gasteiger charge is -2.20. The Morgan fingerprint density at radius 3 is 1.54 bits per heavy atom. The van der Waals surface area contributed by atoms with Crippen molar-refractivity contribution < 1.29 is 34.8 Å². The fraction of sp³-hybridized carbons (Fsp3) is 0.667. The molecule has 0 saturated heterocycles. The molecule has 0 amide bonds. The van der Waals surface area contributed by atoms with E-state index in [9.17, 15) is 9.59 Å². The fourth-order valence-corrected chi connectivity index (χ4v) is 0.712. The van der Waals surface area contributed by atoms with Crippen molar-refractivity contribution in [3.8, 4) is 0 Å². The van der Waals surface area contributed by atoms with Crippen LogP contribution in [0, 0.1) is 0 Å². The molecule has 0 saturated carbocycles. The second-order valence-electron chi connectivity index (χ2n) is 2.27. The number of carbonyl (C=O) groups is 2. The van der Waals surface area contributed by atoms with E-state index in [0.717, 1.165) is 7.11 Å². The van der Waals surface area contributed by atoms with Crippen molar-refractivity contribution in [3.63, 3.8) is 0 Å². The maximum atomic E-state index is 10.2. The van der Waals surface area contributed by atoms with E-state index in [2.05, 4.69) is 4.74 Å². The average Bonchev–Trinajstić information content (AvgIpc) is 2.04. The van der Waals surface area contributed by atoms with Gasteiger partial charge in [-0.15, -0.1) is 0 Å². The largest absolute Gasteiger partial charge is 0.479 e. The molecule has 7 nitrogen and oxygen atoms in total. The maximum Gasteiger partial charge on any atom is 0.335 e. The summed E-state index contributed by atoms with van der Waals surface area (Å²) in [5.41, 5.74) is 0. The summed E-state index contributed by atoms with van der Waals surface area (Å²) in [6.07, 6.45) is -5.83. The number of rotatable bonds is 5. The average molecular weight is 194 g/mol. The van der Waals surface area contributed by atoms with Crippen LogP contribution in [0.4, 0.5) is 0 Å². The van der Waals surface area contributed by atoms with Crippen molar-refractivity contribution in [2.24, 2.45) is 0 Å². The molecule has 13 heavy (non-hydrogen) atoms. The van der Waals surface area contributed by atoms with E-state index in [1.807, 2.05) is 0 Å².